The summed E-state index contributed by atoms with van der Waals surface area (Å²) in [7, 11) is 0. The highest BCUT2D eigenvalue weighted by atomic mass is 16.2. The van der Waals surface area contributed by atoms with Gasteiger partial charge in [0, 0.05) is 25.6 Å². The summed E-state index contributed by atoms with van der Waals surface area (Å²) in [5.41, 5.74) is 0.746. The van der Waals surface area contributed by atoms with Crippen molar-refractivity contribution in [2.75, 3.05) is 13.1 Å². The number of amides is 1. The van der Waals surface area contributed by atoms with Crippen LogP contribution in [0.15, 0.2) is 30.3 Å². The fourth-order valence-corrected chi connectivity index (χ4v) is 3.22. The zero-order chi connectivity index (χ0) is 14.8. The molecule has 1 fully saturated rings. The normalized spacial score (nSPS) is 26.4. The van der Waals surface area contributed by atoms with E-state index in [-0.39, 0.29) is 11.7 Å². The molecule has 2 atom stereocenters. The van der Waals surface area contributed by atoms with Gasteiger partial charge in [0.2, 0.25) is 5.91 Å². The van der Waals surface area contributed by atoms with E-state index in [2.05, 4.69) is 17.4 Å². The van der Waals surface area contributed by atoms with Crippen LogP contribution in [0.5, 0.6) is 0 Å². The molecule has 1 aliphatic heterocycles. The van der Waals surface area contributed by atoms with Crippen molar-refractivity contribution in [1.82, 2.24) is 10.2 Å². The molecule has 20 heavy (non-hydrogen) atoms. The summed E-state index contributed by atoms with van der Waals surface area (Å²) in [5.74, 6) is -0.00295. The molecule has 4 nitrogen and oxygen atoms in total. The molecule has 0 bridgehead atoms. The van der Waals surface area contributed by atoms with E-state index in [1.807, 2.05) is 25.1 Å². The maximum Gasteiger partial charge on any atom is 0.220 e. The van der Waals surface area contributed by atoms with Crippen molar-refractivity contribution in [3.05, 3.63) is 35.9 Å². The monoisotopic (exact) mass is 274 g/mol. The van der Waals surface area contributed by atoms with Gasteiger partial charge in [0.05, 0.1) is 0 Å². The Morgan fingerprint density at radius 1 is 1.30 bits per heavy atom. The number of Topliss-reactive ketones (excluding diaryl/α,β-unsaturated/α-hetero) is 1. The van der Waals surface area contributed by atoms with Gasteiger partial charge in [0.1, 0.15) is 6.04 Å². The van der Waals surface area contributed by atoms with Crippen LogP contribution in [0.25, 0.3) is 0 Å². The molecule has 1 aromatic rings. The molecule has 1 heterocycles. The third kappa shape index (κ3) is 2.90. The second-order valence-electron chi connectivity index (χ2n) is 5.73. The minimum Gasteiger partial charge on any atom is -0.330 e. The highest BCUT2D eigenvalue weighted by Crippen LogP contribution is 2.25. The molecule has 1 aliphatic rings. The van der Waals surface area contributed by atoms with Gasteiger partial charge in [-0.05, 0) is 25.8 Å². The standard InChI is InChI=1S/C16H22N2O2/c1-12(19)15-16(3,11-14-7-5-4-6-8-14)17-9-10-18(15)13(2)20/h4-8,15,17H,9-11H2,1-3H3. The van der Waals surface area contributed by atoms with E-state index in [0.29, 0.717) is 13.1 Å². The molecule has 2 unspecified atom stereocenters. The van der Waals surface area contributed by atoms with Crippen LogP contribution in [-0.4, -0.2) is 41.3 Å². The first kappa shape index (κ1) is 14.7. The van der Waals surface area contributed by atoms with Crippen molar-refractivity contribution in [2.24, 2.45) is 0 Å². The van der Waals surface area contributed by atoms with E-state index >= 15 is 0 Å². The van der Waals surface area contributed by atoms with Gasteiger partial charge in [-0.3, -0.25) is 9.59 Å². The van der Waals surface area contributed by atoms with Crippen molar-refractivity contribution in [3.8, 4) is 0 Å². The van der Waals surface area contributed by atoms with Crippen LogP contribution in [0.1, 0.15) is 26.3 Å². The van der Waals surface area contributed by atoms with Gasteiger partial charge < -0.3 is 10.2 Å². The number of nitrogens with zero attached hydrogens (tertiary/aromatic N) is 1. The van der Waals surface area contributed by atoms with Crippen LogP contribution in [0.3, 0.4) is 0 Å². The summed E-state index contributed by atoms with van der Waals surface area (Å²) in [5, 5.41) is 3.45. The Morgan fingerprint density at radius 3 is 2.50 bits per heavy atom. The molecule has 0 aromatic heterocycles. The zero-order valence-electron chi connectivity index (χ0n) is 12.3. The van der Waals surface area contributed by atoms with Gasteiger partial charge in [-0.2, -0.15) is 0 Å². The van der Waals surface area contributed by atoms with Crippen molar-refractivity contribution < 1.29 is 9.59 Å². The fraction of sp³-hybridized carbons (Fsp3) is 0.500. The molecule has 108 valence electrons. The Balaban J connectivity index is 2.30. The number of ketones is 1. The van der Waals surface area contributed by atoms with Gasteiger partial charge in [0.15, 0.2) is 5.78 Å². The van der Waals surface area contributed by atoms with Crippen LogP contribution in [0.2, 0.25) is 0 Å². The quantitative estimate of drug-likeness (QED) is 0.906. The molecule has 0 aliphatic carbocycles. The molecule has 0 saturated carbocycles. The van der Waals surface area contributed by atoms with E-state index in [1.54, 1.807) is 11.8 Å². The molecular formula is C16H22N2O2. The number of rotatable bonds is 3. The number of carbonyl (C=O) groups is 2. The minimum absolute atomic E-state index is 0.0332. The smallest absolute Gasteiger partial charge is 0.220 e. The van der Waals surface area contributed by atoms with Crippen molar-refractivity contribution in [2.45, 2.75) is 38.8 Å². The summed E-state index contributed by atoms with van der Waals surface area (Å²) in [6.45, 7) is 6.43. The molecule has 4 heteroatoms. The van der Waals surface area contributed by atoms with Crippen molar-refractivity contribution in [3.63, 3.8) is 0 Å². The second kappa shape index (κ2) is 5.75. The number of carbonyl (C=O) groups excluding carboxylic acids is 2. The highest BCUT2D eigenvalue weighted by molar-refractivity contribution is 5.88. The first-order valence-electron chi connectivity index (χ1n) is 7.00. The lowest BCUT2D eigenvalue weighted by Crippen LogP contribution is -2.69. The largest absolute Gasteiger partial charge is 0.330 e. The third-order valence-corrected chi connectivity index (χ3v) is 4.00. The molecule has 1 aromatic carbocycles. The number of nitrogens with one attached hydrogen (secondary N) is 1. The molecule has 2 rings (SSSR count). The lowest BCUT2D eigenvalue weighted by molar-refractivity contribution is -0.142. The van der Waals surface area contributed by atoms with Gasteiger partial charge in [0.25, 0.3) is 0 Å². The average molecular weight is 274 g/mol. The van der Waals surface area contributed by atoms with Crippen molar-refractivity contribution in [1.29, 1.82) is 0 Å². The van der Waals surface area contributed by atoms with Gasteiger partial charge >= 0.3 is 0 Å². The van der Waals surface area contributed by atoms with Gasteiger partial charge in [-0.15, -0.1) is 0 Å². The topological polar surface area (TPSA) is 49.4 Å². The van der Waals surface area contributed by atoms with Crippen molar-refractivity contribution >= 4 is 11.7 Å². The molecular weight excluding hydrogens is 252 g/mol. The Hall–Kier alpha value is -1.68. The van der Waals surface area contributed by atoms with Crippen LogP contribution < -0.4 is 5.32 Å². The molecule has 1 N–H and O–H groups in total. The summed E-state index contributed by atoms with van der Waals surface area (Å²) in [6, 6.07) is 9.66. The molecule has 0 spiro atoms. The minimum atomic E-state index is -0.420. The maximum atomic E-state index is 12.1. The van der Waals surface area contributed by atoms with Crippen LogP contribution in [0.4, 0.5) is 0 Å². The highest BCUT2D eigenvalue weighted by Gasteiger charge is 2.44. The molecule has 1 saturated heterocycles. The maximum absolute atomic E-state index is 12.1. The fourth-order valence-electron chi connectivity index (χ4n) is 3.22. The lowest BCUT2D eigenvalue weighted by atomic mass is 9.81. The first-order valence-corrected chi connectivity index (χ1v) is 7.00. The summed E-state index contributed by atoms with van der Waals surface area (Å²) >= 11 is 0. The zero-order valence-corrected chi connectivity index (χ0v) is 12.3. The average Bonchev–Trinajstić information content (AvgIpc) is 2.38. The summed E-state index contributed by atoms with van der Waals surface area (Å²) < 4.78 is 0. The van der Waals surface area contributed by atoms with E-state index in [1.165, 1.54) is 12.5 Å². The van der Waals surface area contributed by atoms with E-state index < -0.39 is 11.6 Å². The van der Waals surface area contributed by atoms with Gasteiger partial charge in [-0.1, -0.05) is 30.3 Å². The Labute approximate surface area is 120 Å². The Morgan fingerprint density at radius 2 is 1.95 bits per heavy atom. The van der Waals surface area contributed by atoms with E-state index in [9.17, 15) is 9.59 Å². The molecule has 1 amide bonds. The SMILES string of the molecule is CC(=O)C1N(C(C)=O)CCNC1(C)Cc1ccccc1. The number of hydrogen-bond donors (Lipinski definition) is 1. The summed E-state index contributed by atoms with van der Waals surface area (Å²) in [6.07, 6.45) is 0.724. The predicted octanol–water partition coefficient (Wildman–Crippen LogP) is 1.40. The second-order valence-corrected chi connectivity index (χ2v) is 5.73. The number of hydrogen-bond acceptors (Lipinski definition) is 3. The van der Waals surface area contributed by atoms with Gasteiger partial charge in [-0.25, -0.2) is 0 Å². The van der Waals surface area contributed by atoms with E-state index in [4.69, 9.17) is 0 Å². The van der Waals surface area contributed by atoms with Crippen LogP contribution >= 0.6 is 0 Å². The Kier molecular flexibility index (Phi) is 4.23. The lowest BCUT2D eigenvalue weighted by Gasteiger charge is -2.47. The third-order valence-electron chi connectivity index (χ3n) is 4.00. The number of piperazine rings is 1. The molecule has 0 radical (unpaired) electrons. The van der Waals surface area contributed by atoms with Crippen LogP contribution in [-0.2, 0) is 16.0 Å². The predicted molar refractivity (Wildman–Crippen MR) is 78.4 cm³/mol. The summed E-state index contributed by atoms with van der Waals surface area (Å²) in [4.78, 5) is 25.6. The first-order chi connectivity index (χ1) is 9.44. The Bertz CT molecular complexity index is 500. The van der Waals surface area contributed by atoms with E-state index in [0.717, 1.165) is 6.42 Å². The number of benzene rings is 1. The van der Waals surface area contributed by atoms with Crippen LogP contribution in [0, 0.1) is 0 Å².